The van der Waals surface area contributed by atoms with Crippen molar-refractivity contribution in [2.24, 2.45) is 0 Å². The van der Waals surface area contributed by atoms with Gasteiger partial charge >= 0.3 is 6.18 Å². The third-order valence-electron chi connectivity index (χ3n) is 2.49. The van der Waals surface area contributed by atoms with E-state index in [2.05, 4.69) is 10.3 Å². The van der Waals surface area contributed by atoms with Crippen molar-refractivity contribution in [3.63, 3.8) is 0 Å². The van der Waals surface area contributed by atoms with E-state index in [-0.39, 0.29) is 5.56 Å². The summed E-state index contributed by atoms with van der Waals surface area (Å²) in [5.74, 6) is 0.559. The molecule has 1 N–H and O–H groups in total. The Labute approximate surface area is 102 Å². The normalized spacial score (nSPS) is 11.6. The van der Waals surface area contributed by atoms with Crippen LogP contribution in [0.25, 0.3) is 0 Å². The lowest BCUT2D eigenvalue weighted by atomic mass is 10.1. The van der Waals surface area contributed by atoms with Gasteiger partial charge in [0.05, 0.1) is 18.3 Å². The zero-order valence-electron chi connectivity index (χ0n) is 9.58. The molecule has 0 spiro atoms. The number of halogens is 3. The summed E-state index contributed by atoms with van der Waals surface area (Å²) in [5, 5.41) is 2.85. The van der Waals surface area contributed by atoms with Crippen LogP contribution < -0.4 is 5.32 Å². The standard InChI is InChI=1S/C12H11F3N2O/c1-8-2-3-9(4-11(8)12(13,14)15)17-6-10-5-16-7-18-10/h2-5,7,17H,6H2,1H3. The van der Waals surface area contributed by atoms with E-state index in [1.54, 1.807) is 6.07 Å². The van der Waals surface area contributed by atoms with Gasteiger partial charge in [0.1, 0.15) is 5.76 Å². The van der Waals surface area contributed by atoms with Gasteiger partial charge in [0.2, 0.25) is 0 Å². The number of oxazole rings is 1. The highest BCUT2D eigenvalue weighted by Gasteiger charge is 2.32. The maximum atomic E-state index is 12.7. The maximum absolute atomic E-state index is 12.7. The summed E-state index contributed by atoms with van der Waals surface area (Å²) < 4.78 is 43.0. The third-order valence-corrected chi connectivity index (χ3v) is 2.49. The summed E-state index contributed by atoms with van der Waals surface area (Å²) in [6.45, 7) is 1.73. The second-order valence-electron chi connectivity index (χ2n) is 3.85. The van der Waals surface area contributed by atoms with Crippen molar-refractivity contribution in [3.05, 3.63) is 47.7 Å². The molecule has 1 aromatic heterocycles. The lowest BCUT2D eigenvalue weighted by molar-refractivity contribution is -0.138. The molecule has 0 bridgehead atoms. The molecule has 2 aromatic rings. The second kappa shape index (κ2) is 4.72. The van der Waals surface area contributed by atoms with Crippen LogP contribution >= 0.6 is 0 Å². The van der Waals surface area contributed by atoms with Gasteiger partial charge < -0.3 is 9.73 Å². The molecule has 0 amide bonds. The summed E-state index contributed by atoms with van der Waals surface area (Å²) in [6.07, 6.45) is -1.56. The number of nitrogens with one attached hydrogen (secondary N) is 1. The lowest BCUT2D eigenvalue weighted by Crippen LogP contribution is -2.08. The van der Waals surface area contributed by atoms with E-state index in [4.69, 9.17) is 4.42 Å². The molecular formula is C12H11F3N2O. The van der Waals surface area contributed by atoms with E-state index in [1.165, 1.54) is 25.6 Å². The van der Waals surface area contributed by atoms with Gasteiger partial charge in [0.25, 0.3) is 0 Å². The number of aryl methyl sites for hydroxylation is 1. The van der Waals surface area contributed by atoms with Crippen LogP contribution in [0.3, 0.4) is 0 Å². The zero-order chi connectivity index (χ0) is 13.2. The highest BCUT2D eigenvalue weighted by Crippen LogP contribution is 2.33. The first-order chi connectivity index (χ1) is 8.47. The fraction of sp³-hybridized carbons (Fsp3) is 0.250. The number of anilines is 1. The minimum atomic E-state index is -4.34. The van der Waals surface area contributed by atoms with E-state index in [0.29, 0.717) is 18.0 Å². The van der Waals surface area contributed by atoms with Crippen molar-refractivity contribution >= 4 is 5.69 Å². The molecule has 0 radical (unpaired) electrons. The second-order valence-corrected chi connectivity index (χ2v) is 3.85. The van der Waals surface area contributed by atoms with Gasteiger partial charge in [-0.2, -0.15) is 13.2 Å². The molecule has 0 unspecified atom stereocenters. The summed E-state index contributed by atoms with van der Waals surface area (Å²) in [7, 11) is 0. The number of benzene rings is 1. The number of hydrogen-bond acceptors (Lipinski definition) is 3. The van der Waals surface area contributed by atoms with Crippen LogP contribution in [0.1, 0.15) is 16.9 Å². The van der Waals surface area contributed by atoms with E-state index in [9.17, 15) is 13.2 Å². The first-order valence-corrected chi connectivity index (χ1v) is 5.26. The Bertz CT molecular complexity index is 521. The summed E-state index contributed by atoms with van der Waals surface area (Å²) >= 11 is 0. The third kappa shape index (κ3) is 2.82. The Hall–Kier alpha value is -1.98. The summed E-state index contributed by atoms with van der Waals surface area (Å²) in [6, 6.07) is 4.12. The van der Waals surface area contributed by atoms with Crippen LogP contribution in [0.15, 0.2) is 35.2 Å². The van der Waals surface area contributed by atoms with Gasteiger partial charge in [0.15, 0.2) is 6.39 Å². The van der Waals surface area contributed by atoms with Crippen LogP contribution in [-0.4, -0.2) is 4.98 Å². The van der Waals surface area contributed by atoms with Crippen LogP contribution in [0, 0.1) is 6.92 Å². The number of alkyl halides is 3. The van der Waals surface area contributed by atoms with Crippen molar-refractivity contribution in [2.45, 2.75) is 19.6 Å². The average molecular weight is 256 g/mol. The molecule has 0 saturated heterocycles. The number of aromatic nitrogens is 1. The van der Waals surface area contributed by atoms with Gasteiger partial charge in [0, 0.05) is 5.69 Å². The number of rotatable bonds is 3. The largest absolute Gasteiger partial charge is 0.447 e. The Morgan fingerprint density at radius 2 is 2.11 bits per heavy atom. The van der Waals surface area contributed by atoms with Gasteiger partial charge in [-0.1, -0.05) is 6.07 Å². The Kier molecular flexibility index (Phi) is 3.27. The Morgan fingerprint density at radius 3 is 2.72 bits per heavy atom. The monoisotopic (exact) mass is 256 g/mol. The topological polar surface area (TPSA) is 38.1 Å². The number of hydrogen-bond donors (Lipinski definition) is 1. The van der Waals surface area contributed by atoms with Crippen LogP contribution in [0.5, 0.6) is 0 Å². The highest BCUT2D eigenvalue weighted by atomic mass is 19.4. The van der Waals surface area contributed by atoms with Crippen molar-refractivity contribution in [3.8, 4) is 0 Å². The predicted octanol–water partition coefficient (Wildman–Crippen LogP) is 3.61. The van der Waals surface area contributed by atoms with Gasteiger partial charge in [-0.15, -0.1) is 0 Å². The Balaban J connectivity index is 2.15. The van der Waals surface area contributed by atoms with Crippen molar-refractivity contribution < 1.29 is 17.6 Å². The average Bonchev–Trinajstić information content (AvgIpc) is 2.79. The summed E-state index contributed by atoms with van der Waals surface area (Å²) in [4.78, 5) is 3.72. The quantitative estimate of drug-likeness (QED) is 0.911. The first-order valence-electron chi connectivity index (χ1n) is 5.26. The highest BCUT2D eigenvalue weighted by molar-refractivity contribution is 5.49. The molecule has 18 heavy (non-hydrogen) atoms. The Morgan fingerprint density at radius 1 is 1.33 bits per heavy atom. The molecule has 2 rings (SSSR count). The predicted molar refractivity (Wildman–Crippen MR) is 60.0 cm³/mol. The molecule has 96 valence electrons. The molecular weight excluding hydrogens is 245 g/mol. The minimum absolute atomic E-state index is 0.202. The van der Waals surface area contributed by atoms with Crippen molar-refractivity contribution in [1.82, 2.24) is 4.98 Å². The van der Waals surface area contributed by atoms with E-state index in [1.807, 2.05) is 0 Å². The van der Waals surface area contributed by atoms with Crippen molar-refractivity contribution in [2.75, 3.05) is 5.32 Å². The fourth-order valence-electron chi connectivity index (χ4n) is 1.56. The van der Waals surface area contributed by atoms with Crippen LogP contribution in [-0.2, 0) is 12.7 Å². The fourth-order valence-corrected chi connectivity index (χ4v) is 1.56. The van der Waals surface area contributed by atoms with Crippen molar-refractivity contribution in [1.29, 1.82) is 0 Å². The van der Waals surface area contributed by atoms with Crippen LogP contribution in [0.2, 0.25) is 0 Å². The molecule has 0 aliphatic heterocycles. The molecule has 0 fully saturated rings. The molecule has 0 aliphatic rings. The maximum Gasteiger partial charge on any atom is 0.416 e. The summed E-state index contributed by atoms with van der Waals surface area (Å²) in [5.41, 5.74) is -0.0397. The van der Waals surface area contributed by atoms with Gasteiger partial charge in [-0.25, -0.2) is 4.98 Å². The number of nitrogens with zero attached hydrogens (tertiary/aromatic N) is 1. The SMILES string of the molecule is Cc1ccc(NCc2cnco2)cc1C(F)(F)F. The van der Waals surface area contributed by atoms with E-state index in [0.717, 1.165) is 6.07 Å². The molecule has 3 nitrogen and oxygen atoms in total. The molecule has 0 saturated carbocycles. The molecule has 1 heterocycles. The van der Waals surface area contributed by atoms with E-state index < -0.39 is 11.7 Å². The minimum Gasteiger partial charge on any atom is -0.447 e. The zero-order valence-corrected chi connectivity index (χ0v) is 9.58. The van der Waals surface area contributed by atoms with Crippen LogP contribution in [0.4, 0.5) is 18.9 Å². The molecule has 0 atom stereocenters. The van der Waals surface area contributed by atoms with Gasteiger partial charge in [-0.05, 0) is 24.6 Å². The molecule has 1 aromatic carbocycles. The van der Waals surface area contributed by atoms with E-state index >= 15 is 0 Å². The smallest absolute Gasteiger partial charge is 0.416 e. The first kappa shape index (κ1) is 12.5. The lowest BCUT2D eigenvalue weighted by Gasteiger charge is -2.12. The molecule has 6 heteroatoms. The molecule has 0 aliphatic carbocycles. The van der Waals surface area contributed by atoms with Gasteiger partial charge in [-0.3, -0.25) is 0 Å².